The number of carbonyl (C=O) groups excluding carboxylic acids is 1. The van der Waals surface area contributed by atoms with E-state index in [2.05, 4.69) is 10.6 Å². The van der Waals surface area contributed by atoms with Gasteiger partial charge in [0.1, 0.15) is 12.3 Å². The van der Waals surface area contributed by atoms with Crippen LogP contribution < -0.4 is 10.6 Å². The molecule has 74 valence electrons. The third-order valence-corrected chi connectivity index (χ3v) is 2.30. The Kier molecular flexibility index (Phi) is 2.48. The lowest BCUT2D eigenvalue weighted by Gasteiger charge is -2.27. The van der Waals surface area contributed by atoms with Gasteiger partial charge >= 0.3 is 5.97 Å². The van der Waals surface area contributed by atoms with Gasteiger partial charge in [0, 0.05) is 12.6 Å². The summed E-state index contributed by atoms with van der Waals surface area (Å²) in [6.07, 6.45) is -0.210. The molecule has 5 nitrogen and oxygen atoms in total. The Morgan fingerprint density at radius 1 is 1.69 bits per heavy atom. The van der Waals surface area contributed by atoms with Crippen molar-refractivity contribution in [1.82, 2.24) is 10.6 Å². The Labute approximate surface area is 76.8 Å². The number of rotatable bonds is 2. The Morgan fingerprint density at radius 2 is 2.54 bits per heavy atom. The molecule has 0 aliphatic carbocycles. The minimum Gasteiger partial charge on any atom is -0.465 e. The van der Waals surface area contributed by atoms with Crippen LogP contribution in [0.2, 0.25) is 0 Å². The first-order valence-corrected chi connectivity index (χ1v) is 4.59. The Morgan fingerprint density at radius 3 is 3.31 bits per heavy atom. The first-order chi connectivity index (χ1) is 6.31. The van der Waals surface area contributed by atoms with Crippen molar-refractivity contribution in [2.24, 2.45) is 0 Å². The molecule has 2 aliphatic heterocycles. The third kappa shape index (κ3) is 1.67. The van der Waals surface area contributed by atoms with E-state index in [0.717, 1.165) is 6.54 Å². The minimum atomic E-state index is -0.348. The average molecular weight is 186 g/mol. The molecule has 0 unspecified atom stereocenters. The van der Waals surface area contributed by atoms with Gasteiger partial charge in [-0.1, -0.05) is 0 Å². The fraction of sp³-hybridized carbons (Fsp3) is 0.875. The van der Waals surface area contributed by atoms with E-state index < -0.39 is 0 Å². The maximum atomic E-state index is 11.4. The smallest absolute Gasteiger partial charge is 0.327 e. The number of fused-ring (bicyclic) bond motifs is 2. The van der Waals surface area contributed by atoms with Gasteiger partial charge in [-0.15, -0.1) is 0 Å². The summed E-state index contributed by atoms with van der Waals surface area (Å²) in [5.74, 6) is -0.236. The van der Waals surface area contributed by atoms with Crippen LogP contribution in [-0.2, 0) is 14.3 Å². The molecule has 0 aromatic heterocycles. The number of carbonyl (C=O) groups is 1. The van der Waals surface area contributed by atoms with Crippen molar-refractivity contribution in [2.75, 3.05) is 19.8 Å². The summed E-state index contributed by atoms with van der Waals surface area (Å²) in [6.45, 7) is 3.65. The second kappa shape index (κ2) is 3.61. The molecule has 0 radical (unpaired) electrons. The van der Waals surface area contributed by atoms with E-state index in [0.29, 0.717) is 19.3 Å². The van der Waals surface area contributed by atoms with Gasteiger partial charge in [0.25, 0.3) is 0 Å². The molecule has 5 heteroatoms. The van der Waals surface area contributed by atoms with E-state index in [1.54, 1.807) is 6.92 Å². The molecule has 2 heterocycles. The topological polar surface area (TPSA) is 59.6 Å². The molecule has 0 aromatic rings. The molecule has 2 saturated heterocycles. The fourth-order valence-corrected chi connectivity index (χ4v) is 1.67. The van der Waals surface area contributed by atoms with Gasteiger partial charge in [-0.25, -0.2) is 0 Å². The maximum Gasteiger partial charge on any atom is 0.327 e. The van der Waals surface area contributed by atoms with Crippen molar-refractivity contribution in [3.05, 3.63) is 0 Å². The van der Waals surface area contributed by atoms with Crippen LogP contribution >= 0.6 is 0 Å². The third-order valence-electron chi connectivity index (χ3n) is 2.30. The van der Waals surface area contributed by atoms with Crippen LogP contribution in [-0.4, -0.2) is 44.0 Å². The van der Waals surface area contributed by atoms with Gasteiger partial charge in [0.15, 0.2) is 0 Å². The van der Waals surface area contributed by atoms with E-state index in [1.807, 2.05) is 0 Å². The molecule has 3 atom stereocenters. The van der Waals surface area contributed by atoms with Crippen molar-refractivity contribution < 1.29 is 14.3 Å². The number of nitrogens with one attached hydrogen (secondary N) is 2. The SMILES string of the molecule is CCOC(=O)[C@@H]1NC[C@@H]2CO[C@H]1N2. The number of esters is 1. The van der Waals surface area contributed by atoms with E-state index in [4.69, 9.17) is 9.47 Å². The maximum absolute atomic E-state index is 11.4. The summed E-state index contributed by atoms with van der Waals surface area (Å²) in [5, 5.41) is 6.30. The van der Waals surface area contributed by atoms with Crippen LogP contribution in [0.4, 0.5) is 0 Å². The van der Waals surface area contributed by atoms with Crippen LogP contribution in [0.5, 0.6) is 0 Å². The van der Waals surface area contributed by atoms with Gasteiger partial charge in [-0.2, -0.15) is 0 Å². The number of ether oxygens (including phenoxy) is 2. The van der Waals surface area contributed by atoms with E-state index in [-0.39, 0.29) is 18.2 Å². The molecule has 13 heavy (non-hydrogen) atoms. The van der Waals surface area contributed by atoms with Gasteiger partial charge in [0.2, 0.25) is 0 Å². The lowest BCUT2D eigenvalue weighted by atomic mass is 10.2. The van der Waals surface area contributed by atoms with Crippen LogP contribution in [0.3, 0.4) is 0 Å². The van der Waals surface area contributed by atoms with Crippen LogP contribution in [0.1, 0.15) is 6.92 Å². The predicted octanol–water partition coefficient (Wildman–Crippen LogP) is -1.16. The van der Waals surface area contributed by atoms with Crippen molar-refractivity contribution in [2.45, 2.75) is 25.2 Å². The Balaban J connectivity index is 1.95. The summed E-state index contributed by atoms with van der Waals surface area (Å²) >= 11 is 0. The van der Waals surface area contributed by atoms with Gasteiger partial charge < -0.3 is 9.47 Å². The van der Waals surface area contributed by atoms with Crippen molar-refractivity contribution in [3.63, 3.8) is 0 Å². The van der Waals surface area contributed by atoms with E-state index >= 15 is 0 Å². The van der Waals surface area contributed by atoms with Crippen molar-refractivity contribution in [1.29, 1.82) is 0 Å². The molecular formula is C8H14N2O3. The summed E-state index contributed by atoms with van der Waals surface area (Å²) < 4.78 is 10.3. The number of piperazine rings is 1. The second-order valence-corrected chi connectivity index (χ2v) is 3.26. The van der Waals surface area contributed by atoms with Gasteiger partial charge in [-0.3, -0.25) is 15.4 Å². The standard InChI is InChI=1S/C8H14N2O3/c1-2-12-8(11)6-7-10-5(3-9-6)4-13-7/h5-7,9-10H,2-4H2,1H3/t5-,6-,7-/m1/s1. The number of hydrogen-bond acceptors (Lipinski definition) is 5. The first kappa shape index (κ1) is 8.93. The van der Waals surface area contributed by atoms with E-state index in [1.165, 1.54) is 0 Å². The van der Waals surface area contributed by atoms with Gasteiger partial charge in [-0.05, 0) is 6.92 Å². The van der Waals surface area contributed by atoms with Crippen molar-refractivity contribution in [3.8, 4) is 0 Å². The molecular weight excluding hydrogens is 172 g/mol. The Bertz CT molecular complexity index is 210. The molecule has 2 aliphatic rings. The normalized spacial score (nSPS) is 37.5. The molecule has 0 spiro atoms. The highest BCUT2D eigenvalue weighted by Crippen LogP contribution is 2.13. The summed E-state index contributed by atoms with van der Waals surface area (Å²) in [6, 6.07) is -0.00521. The second-order valence-electron chi connectivity index (χ2n) is 3.26. The molecule has 2 rings (SSSR count). The minimum absolute atomic E-state index is 0.210. The summed E-state index contributed by atoms with van der Waals surface area (Å²) in [5.41, 5.74) is 0. The summed E-state index contributed by atoms with van der Waals surface area (Å²) in [4.78, 5) is 11.4. The fourth-order valence-electron chi connectivity index (χ4n) is 1.67. The van der Waals surface area contributed by atoms with Crippen LogP contribution in [0.15, 0.2) is 0 Å². The van der Waals surface area contributed by atoms with Crippen molar-refractivity contribution >= 4 is 5.97 Å². The van der Waals surface area contributed by atoms with Gasteiger partial charge in [0.05, 0.1) is 13.2 Å². The van der Waals surface area contributed by atoms with E-state index in [9.17, 15) is 4.79 Å². The van der Waals surface area contributed by atoms with Crippen LogP contribution in [0, 0.1) is 0 Å². The Hall–Kier alpha value is -0.650. The zero-order chi connectivity index (χ0) is 9.26. The highest BCUT2D eigenvalue weighted by atomic mass is 16.5. The zero-order valence-electron chi connectivity index (χ0n) is 7.58. The molecule has 0 aromatic carbocycles. The largest absolute Gasteiger partial charge is 0.465 e. The lowest BCUT2D eigenvalue weighted by Crippen LogP contribution is -2.59. The average Bonchev–Trinajstić information content (AvgIpc) is 2.48. The summed E-state index contributed by atoms with van der Waals surface area (Å²) in [7, 11) is 0. The zero-order valence-corrected chi connectivity index (χ0v) is 7.58. The monoisotopic (exact) mass is 186 g/mol. The molecule has 0 amide bonds. The molecule has 2 N–H and O–H groups in total. The predicted molar refractivity (Wildman–Crippen MR) is 45.1 cm³/mol. The molecule has 2 bridgehead atoms. The number of hydrogen-bond donors (Lipinski definition) is 2. The lowest BCUT2D eigenvalue weighted by molar-refractivity contribution is -0.149. The quantitative estimate of drug-likeness (QED) is 0.532. The molecule has 0 saturated carbocycles. The first-order valence-electron chi connectivity index (χ1n) is 4.59. The highest BCUT2D eigenvalue weighted by Gasteiger charge is 2.40. The molecule has 2 fully saturated rings. The highest BCUT2D eigenvalue weighted by molar-refractivity contribution is 5.76. The van der Waals surface area contributed by atoms with Crippen LogP contribution in [0.25, 0.3) is 0 Å².